The van der Waals surface area contributed by atoms with Gasteiger partial charge in [0.25, 0.3) is 0 Å². The van der Waals surface area contributed by atoms with E-state index in [1.807, 2.05) is 0 Å². The van der Waals surface area contributed by atoms with Gasteiger partial charge in [-0.25, -0.2) is 0 Å². The molecule has 80 heavy (non-hydrogen) atoms. The van der Waals surface area contributed by atoms with Crippen LogP contribution in [0.1, 0.15) is 116 Å². The third kappa shape index (κ3) is 39.8. The predicted molar refractivity (Wildman–Crippen MR) is 303 cm³/mol. The third-order valence-electron chi connectivity index (χ3n) is 13.0. The molecule has 2 rings (SSSR count). The van der Waals surface area contributed by atoms with Crippen LogP contribution in [-0.4, -0.2) is 273 Å². The van der Waals surface area contributed by atoms with E-state index in [0.29, 0.717) is 106 Å². The van der Waals surface area contributed by atoms with Crippen molar-refractivity contribution in [1.82, 2.24) is 5.32 Å². The van der Waals surface area contributed by atoms with Crippen molar-refractivity contribution in [2.45, 2.75) is 177 Å². The van der Waals surface area contributed by atoms with Gasteiger partial charge in [-0.1, -0.05) is 105 Å². The molecule has 1 amide bonds. The van der Waals surface area contributed by atoms with Gasteiger partial charge in [-0.05, 0) is 25.7 Å². The molecule has 0 bridgehead atoms. The van der Waals surface area contributed by atoms with E-state index in [-0.39, 0.29) is 26.4 Å². The number of nitrogens with one attached hydrogen (secondary N) is 1. The standard InChI is InChI=1S/C55H107NO22S2/c1-45(60)56-48-50(62)53(78-55-52(64)51(63)49(61)46(43-58)76-55)47(44-59)77-54(48)75-40-39-74-38-37-73-36-35-72-34-33-71-32-30-69-27-24-66-21-16-12-8-4-6-10-14-18-42-80-79-41-17-13-9-5-2-3-7-11-15-20-65-23-26-68-29-31-70-28-25-67-22-19-57/h46-55,57-59,61-64H,2-44H2,1H3,(H,56,60)/t46?,47?,48?,49-,50?,51?,52?,53+,54+,55-/m0/s1. The molecule has 2 fully saturated rings. The summed E-state index contributed by atoms with van der Waals surface area (Å²) < 4.78 is 77.8. The van der Waals surface area contributed by atoms with E-state index in [4.69, 9.17) is 71.4 Å². The lowest BCUT2D eigenvalue weighted by atomic mass is 9.95. The fourth-order valence-corrected chi connectivity index (χ4v) is 10.8. The Labute approximate surface area is 485 Å². The van der Waals surface area contributed by atoms with Crippen molar-refractivity contribution in [3.63, 3.8) is 0 Å². The molecule has 0 aromatic carbocycles. The van der Waals surface area contributed by atoms with E-state index >= 15 is 0 Å². The number of hydrogen-bond acceptors (Lipinski definition) is 24. The van der Waals surface area contributed by atoms with E-state index in [1.165, 1.54) is 115 Å². The minimum absolute atomic E-state index is 0.000331. The molecule has 25 heteroatoms. The number of unbranched alkanes of at least 4 members (excludes halogenated alkanes) is 15. The summed E-state index contributed by atoms with van der Waals surface area (Å²) in [5.41, 5.74) is 0. The van der Waals surface area contributed by atoms with E-state index in [1.54, 1.807) is 0 Å². The predicted octanol–water partition coefficient (Wildman–Crippen LogP) is 2.94. The molecule has 2 aliphatic rings. The van der Waals surface area contributed by atoms with Crippen molar-refractivity contribution < 1.29 is 107 Å². The number of aliphatic hydroxyl groups excluding tert-OH is 7. The van der Waals surface area contributed by atoms with Crippen LogP contribution >= 0.6 is 21.6 Å². The Morgan fingerprint density at radius 3 is 1.10 bits per heavy atom. The van der Waals surface area contributed by atoms with Gasteiger partial charge in [-0.2, -0.15) is 0 Å². The van der Waals surface area contributed by atoms with E-state index < -0.39 is 80.5 Å². The third-order valence-corrected chi connectivity index (χ3v) is 15.5. The summed E-state index contributed by atoms with van der Waals surface area (Å²) in [6.07, 6.45) is 8.71. The molecule has 10 atom stereocenters. The SMILES string of the molecule is CC(=O)NC1C(O)[C@H](O[C@@H]2OC(CO)[C@H](O)C(O)C2O)C(CO)O[C@H]1OCCOCCOCCOCCOCCOCCOCCCCCCCCCCSSCCCCCCCCCCCOCCOCCOCCOCCO. The van der Waals surface area contributed by atoms with Gasteiger partial charge < -0.3 is 107 Å². The molecule has 0 aromatic rings. The Bertz CT molecular complexity index is 1350. The molecule has 2 heterocycles. The van der Waals surface area contributed by atoms with E-state index in [0.717, 1.165) is 26.1 Å². The highest BCUT2D eigenvalue weighted by Gasteiger charge is 2.51. The Hall–Kier alpha value is -0.670. The first-order chi connectivity index (χ1) is 39.2. The summed E-state index contributed by atoms with van der Waals surface area (Å²) in [7, 11) is 4.12. The molecule has 0 saturated carbocycles. The molecule has 0 spiro atoms. The molecule has 0 radical (unpaired) electrons. The van der Waals surface area contributed by atoms with Gasteiger partial charge in [0.2, 0.25) is 5.91 Å². The summed E-state index contributed by atoms with van der Waals surface area (Å²) in [6, 6.07) is -1.17. The number of carbonyl (C=O) groups excluding carboxylic acids is 1. The molecule has 6 unspecified atom stereocenters. The van der Waals surface area contributed by atoms with E-state index in [9.17, 15) is 35.4 Å². The fraction of sp³-hybridized carbons (Fsp3) is 0.982. The first-order valence-electron chi connectivity index (χ1n) is 29.7. The molecule has 0 aliphatic carbocycles. The maximum Gasteiger partial charge on any atom is 0.217 e. The monoisotopic (exact) mass is 1200 g/mol. The van der Waals surface area contributed by atoms with Crippen LogP contribution in [0.2, 0.25) is 0 Å². The topological polar surface area (TPSA) is 300 Å². The maximum atomic E-state index is 12.0. The largest absolute Gasteiger partial charge is 0.394 e. The van der Waals surface area contributed by atoms with E-state index in [2.05, 4.69) is 26.9 Å². The highest BCUT2D eigenvalue weighted by atomic mass is 33.1. The fourth-order valence-electron chi connectivity index (χ4n) is 8.50. The number of ether oxygens (including phenoxy) is 14. The van der Waals surface area contributed by atoms with Crippen LogP contribution in [0.15, 0.2) is 0 Å². The van der Waals surface area contributed by atoms with Crippen LogP contribution < -0.4 is 5.32 Å². The van der Waals surface area contributed by atoms with Crippen molar-refractivity contribution in [3.05, 3.63) is 0 Å². The van der Waals surface area contributed by atoms with Crippen molar-refractivity contribution in [3.8, 4) is 0 Å². The van der Waals surface area contributed by atoms with Crippen molar-refractivity contribution >= 4 is 27.5 Å². The Kier molecular flexibility index (Phi) is 51.8. The van der Waals surface area contributed by atoms with Crippen LogP contribution in [0, 0.1) is 0 Å². The molecule has 0 aromatic heterocycles. The summed E-state index contributed by atoms with van der Waals surface area (Å²) >= 11 is 0. The second-order valence-corrected chi connectivity index (χ2v) is 22.3. The van der Waals surface area contributed by atoms with Gasteiger partial charge in [-0.3, -0.25) is 4.79 Å². The summed E-state index contributed by atoms with van der Waals surface area (Å²) in [5.74, 6) is 2.04. The van der Waals surface area contributed by atoms with Gasteiger partial charge in [-0.15, -0.1) is 0 Å². The maximum absolute atomic E-state index is 12.0. The van der Waals surface area contributed by atoms with Crippen LogP contribution in [0.5, 0.6) is 0 Å². The van der Waals surface area contributed by atoms with Gasteiger partial charge in [0.1, 0.15) is 48.8 Å². The zero-order valence-corrected chi connectivity index (χ0v) is 49.9. The second kappa shape index (κ2) is 54.9. The minimum atomic E-state index is -1.76. The highest BCUT2D eigenvalue weighted by Crippen LogP contribution is 2.30. The second-order valence-electron chi connectivity index (χ2n) is 19.6. The van der Waals surface area contributed by atoms with Crippen LogP contribution in [0.4, 0.5) is 0 Å². The normalized spacial score (nSPS) is 23.3. The average Bonchev–Trinajstić information content (AvgIpc) is 3.46. The van der Waals surface area contributed by atoms with Gasteiger partial charge in [0, 0.05) is 31.6 Å². The Balaban J connectivity index is 1.24. The lowest BCUT2D eigenvalue weighted by Gasteiger charge is -2.47. The minimum Gasteiger partial charge on any atom is -0.394 e. The summed E-state index contributed by atoms with van der Waals surface area (Å²) in [6.45, 7) is 9.68. The zero-order chi connectivity index (χ0) is 57.8. The van der Waals surface area contributed by atoms with Gasteiger partial charge in [0.15, 0.2) is 12.6 Å². The Morgan fingerprint density at radius 1 is 0.388 bits per heavy atom. The molecular formula is C55H107NO22S2. The van der Waals surface area contributed by atoms with Crippen LogP contribution in [0.3, 0.4) is 0 Å². The zero-order valence-electron chi connectivity index (χ0n) is 48.2. The lowest BCUT2D eigenvalue weighted by molar-refractivity contribution is -0.348. The molecular weight excluding hydrogens is 1090 g/mol. The van der Waals surface area contributed by atoms with Gasteiger partial charge in [0.05, 0.1) is 145 Å². The smallest absolute Gasteiger partial charge is 0.217 e. The quantitative estimate of drug-likeness (QED) is 0.0321. The van der Waals surface area contributed by atoms with Gasteiger partial charge >= 0.3 is 0 Å². The van der Waals surface area contributed by atoms with Crippen molar-refractivity contribution in [2.24, 2.45) is 0 Å². The van der Waals surface area contributed by atoms with Crippen molar-refractivity contribution in [2.75, 3.05) is 170 Å². The van der Waals surface area contributed by atoms with Crippen LogP contribution in [-0.2, 0) is 71.1 Å². The number of rotatable bonds is 59. The number of aliphatic hydroxyl groups is 7. The first-order valence-corrected chi connectivity index (χ1v) is 32.2. The van der Waals surface area contributed by atoms with Crippen molar-refractivity contribution in [1.29, 1.82) is 0 Å². The Morgan fingerprint density at radius 2 is 0.725 bits per heavy atom. The number of carbonyl (C=O) groups is 1. The molecule has 8 N–H and O–H groups in total. The first kappa shape index (κ1) is 75.4. The number of hydrogen-bond donors (Lipinski definition) is 8. The lowest BCUT2D eigenvalue weighted by Crippen LogP contribution is -2.67. The molecule has 23 nitrogen and oxygen atoms in total. The van der Waals surface area contributed by atoms with Crippen LogP contribution in [0.25, 0.3) is 0 Å². The summed E-state index contributed by atoms with van der Waals surface area (Å²) in [5, 5.41) is 72.5. The molecule has 2 saturated heterocycles. The molecule has 2 aliphatic heterocycles. The summed E-state index contributed by atoms with van der Waals surface area (Å²) in [4.78, 5) is 12.0. The molecule has 476 valence electrons. The number of amides is 1. The average molecular weight is 1200 g/mol. The highest BCUT2D eigenvalue weighted by molar-refractivity contribution is 8.76.